The second-order valence-corrected chi connectivity index (χ2v) is 6.26. The number of nitrogens with two attached hydrogens (primary N) is 1. The molecule has 4 heteroatoms. The zero-order valence-electron chi connectivity index (χ0n) is 12.2. The second-order valence-electron chi connectivity index (χ2n) is 6.26. The summed E-state index contributed by atoms with van der Waals surface area (Å²) >= 11 is 0. The first-order chi connectivity index (χ1) is 9.19. The van der Waals surface area contributed by atoms with Gasteiger partial charge < -0.3 is 16.0 Å². The van der Waals surface area contributed by atoms with E-state index in [2.05, 4.69) is 17.1 Å². The minimum atomic E-state index is 0.206. The minimum Gasteiger partial charge on any atom is -0.356 e. The first kappa shape index (κ1) is 14.8. The van der Waals surface area contributed by atoms with Gasteiger partial charge in [-0.2, -0.15) is 0 Å². The van der Waals surface area contributed by atoms with Gasteiger partial charge in [-0.25, -0.2) is 0 Å². The molecule has 19 heavy (non-hydrogen) atoms. The Balaban J connectivity index is 1.64. The first-order valence-electron chi connectivity index (χ1n) is 7.93. The molecular weight excluding hydrogens is 238 g/mol. The van der Waals surface area contributed by atoms with Crippen molar-refractivity contribution >= 4 is 5.91 Å². The molecular formula is C15H29N3O. The summed E-state index contributed by atoms with van der Waals surface area (Å²) < 4.78 is 0. The Bertz CT molecular complexity index is 295. The second kappa shape index (κ2) is 7.25. The number of carbonyl (C=O) groups excluding carboxylic acids is 1. The van der Waals surface area contributed by atoms with Crippen molar-refractivity contribution in [3.8, 4) is 0 Å². The third-order valence-corrected chi connectivity index (χ3v) is 4.82. The third-order valence-electron chi connectivity index (χ3n) is 4.82. The van der Waals surface area contributed by atoms with Gasteiger partial charge in [0.2, 0.25) is 5.91 Å². The van der Waals surface area contributed by atoms with Crippen LogP contribution in [0.5, 0.6) is 0 Å². The Kier molecular flexibility index (Phi) is 5.64. The van der Waals surface area contributed by atoms with Gasteiger partial charge in [0.25, 0.3) is 0 Å². The van der Waals surface area contributed by atoms with E-state index in [-0.39, 0.29) is 11.9 Å². The maximum absolute atomic E-state index is 12.0. The molecule has 1 heterocycles. The topological polar surface area (TPSA) is 58.4 Å². The van der Waals surface area contributed by atoms with Gasteiger partial charge in [-0.05, 0) is 44.2 Å². The molecule has 0 radical (unpaired) electrons. The summed E-state index contributed by atoms with van der Waals surface area (Å²) in [6, 6.07) is 0.238. The summed E-state index contributed by atoms with van der Waals surface area (Å²) in [5, 5.41) is 3.12. The van der Waals surface area contributed by atoms with Crippen molar-refractivity contribution < 1.29 is 4.79 Å². The van der Waals surface area contributed by atoms with Crippen LogP contribution in [0.1, 0.15) is 45.4 Å². The van der Waals surface area contributed by atoms with Crippen LogP contribution in [-0.2, 0) is 4.79 Å². The van der Waals surface area contributed by atoms with Crippen molar-refractivity contribution in [1.29, 1.82) is 0 Å². The molecule has 1 amide bonds. The fourth-order valence-corrected chi connectivity index (χ4v) is 3.42. The summed E-state index contributed by atoms with van der Waals surface area (Å²) in [5.41, 5.74) is 6.10. The van der Waals surface area contributed by atoms with E-state index in [1.807, 2.05) is 0 Å². The number of nitrogens with one attached hydrogen (secondary N) is 1. The smallest absolute Gasteiger partial charge is 0.220 e. The van der Waals surface area contributed by atoms with Crippen LogP contribution >= 0.6 is 0 Å². The number of amides is 1. The molecule has 2 rings (SSSR count). The molecule has 3 atom stereocenters. The summed E-state index contributed by atoms with van der Waals surface area (Å²) in [6.45, 7) is 6.49. The predicted octanol–water partition coefficient (Wildman–Crippen LogP) is 1.35. The lowest BCUT2D eigenvalue weighted by molar-refractivity contribution is -0.122. The Hall–Kier alpha value is -0.610. The van der Waals surface area contributed by atoms with Crippen molar-refractivity contribution in [3.05, 3.63) is 0 Å². The SMILES string of the molecule is CCN1CCC(CNC(=O)CC2CCCCC2N)C1. The Morgan fingerprint density at radius 1 is 1.32 bits per heavy atom. The number of nitrogens with zero attached hydrogens (tertiary/aromatic N) is 1. The maximum Gasteiger partial charge on any atom is 0.220 e. The van der Waals surface area contributed by atoms with Gasteiger partial charge in [-0.3, -0.25) is 4.79 Å². The number of hydrogen-bond acceptors (Lipinski definition) is 3. The molecule has 4 nitrogen and oxygen atoms in total. The van der Waals surface area contributed by atoms with Crippen LogP contribution in [0.25, 0.3) is 0 Å². The van der Waals surface area contributed by atoms with E-state index in [0.29, 0.717) is 18.3 Å². The molecule has 2 fully saturated rings. The van der Waals surface area contributed by atoms with Gasteiger partial charge >= 0.3 is 0 Å². The van der Waals surface area contributed by atoms with E-state index >= 15 is 0 Å². The monoisotopic (exact) mass is 267 g/mol. The van der Waals surface area contributed by atoms with Crippen LogP contribution in [0.3, 0.4) is 0 Å². The van der Waals surface area contributed by atoms with Crippen LogP contribution in [-0.4, -0.2) is 43.0 Å². The highest BCUT2D eigenvalue weighted by Gasteiger charge is 2.25. The highest BCUT2D eigenvalue weighted by molar-refractivity contribution is 5.76. The molecule has 0 aromatic carbocycles. The van der Waals surface area contributed by atoms with E-state index < -0.39 is 0 Å². The standard InChI is InChI=1S/C15H29N3O/c1-2-18-8-7-12(11-18)10-17-15(19)9-13-5-3-4-6-14(13)16/h12-14H,2-11,16H2,1H3,(H,17,19). The van der Waals surface area contributed by atoms with E-state index in [4.69, 9.17) is 5.73 Å². The van der Waals surface area contributed by atoms with E-state index in [0.717, 1.165) is 32.5 Å². The van der Waals surface area contributed by atoms with Gasteiger partial charge in [0.05, 0.1) is 0 Å². The number of likely N-dealkylation sites (tertiary alicyclic amines) is 1. The Morgan fingerprint density at radius 3 is 2.79 bits per heavy atom. The first-order valence-corrected chi connectivity index (χ1v) is 7.93. The normalized spacial score (nSPS) is 32.4. The maximum atomic E-state index is 12.0. The molecule has 3 N–H and O–H groups in total. The van der Waals surface area contributed by atoms with E-state index in [9.17, 15) is 4.79 Å². The molecule has 0 bridgehead atoms. The number of hydrogen-bond donors (Lipinski definition) is 2. The zero-order valence-corrected chi connectivity index (χ0v) is 12.2. The van der Waals surface area contributed by atoms with Gasteiger partial charge in [-0.15, -0.1) is 0 Å². The Labute approximate surface area is 117 Å². The molecule has 0 aromatic rings. The van der Waals surface area contributed by atoms with Crippen molar-refractivity contribution in [3.63, 3.8) is 0 Å². The van der Waals surface area contributed by atoms with Crippen molar-refractivity contribution in [2.24, 2.45) is 17.6 Å². The van der Waals surface area contributed by atoms with Crippen LogP contribution in [0.15, 0.2) is 0 Å². The molecule has 2 aliphatic rings. The lowest BCUT2D eigenvalue weighted by Gasteiger charge is -2.28. The van der Waals surface area contributed by atoms with E-state index in [1.54, 1.807) is 0 Å². The lowest BCUT2D eigenvalue weighted by atomic mass is 9.83. The quantitative estimate of drug-likeness (QED) is 0.790. The van der Waals surface area contributed by atoms with E-state index in [1.165, 1.54) is 25.8 Å². The molecule has 1 aliphatic heterocycles. The van der Waals surface area contributed by atoms with Crippen molar-refractivity contribution in [1.82, 2.24) is 10.2 Å². The average molecular weight is 267 g/mol. The number of carbonyl (C=O) groups is 1. The molecule has 1 aliphatic carbocycles. The third kappa shape index (κ3) is 4.46. The van der Waals surface area contributed by atoms with Crippen molar-refractivity contribution in [2.45, 2.75) is 51.5 Å². The summed E-state index contributed by atoms with van der Waals surface area (Å²) in [7, 11) is 0. The lowest BCUT2D eigenvalue weighted by Crippen LogP contribution is -2.38. The molecule has 3 unspecified atom stereocenters. The van der Waals surface area contributed by atoms with Crippen LogP contribution < -0.4 is 11.1 Å². The molecule has 1 saturated carbocycles. The minimum absolute atomic E-state index is 0.206. The van der Waals surface area contributed by atoms with Gasteiger partial charge in [-0.1, -0.05) is 19.8 Å². The predicted molar refractivity (Wildman–Crippen MR) is 77.8 cm³/mol. The highest BCUT2D eigenvalue weighted by atomic mass is 16.1. The van der Waals surface area contributed by atoms with Gasteiger partial charge in [0.1, 0.15) is 0 Å². The largest absolute Gasteiger partial charge is 0.356 e. The molecule has 0 spiro atoms. The summed E-state index contributed by atoms with van der Waals surface area (Å²) in [4.78, 5) is 14.4. The number of rotatable bonds is 5. The fraction of sp³-hybridized carbons (Fsp3) is 0.933. The van der Waals surface area contributed by atoms with Gasteiger partial charge in [0.15, 0.2) is 0 Å². The summed E-state index contributed by atoms with van der Waals surface area (Å²) in [6.07, 6.45) is 6.53. The zero-order chi connectivity index (χ0) is 13.7. The van der Waals surface area contributed by atoms with Crippen LogP contribution in [0.4, 0.5) is 0 Å². The highest BCUT2D eigenvalue weighted by Crippen LogP contribution is 2.25. The molecule has 1 saturated heterocycles. The van der Waals surface area contributed by atoms with Crippen LogP contribution in [0, 0.1) is 11.8 Å². The Morgan fingerprint density at radius 2 is 2.11 bits per heavy atom. The molecule has 110 valence electrons. The average Bonchev–Trinajstić information content (AvgIpc) is 2.87. The van der Waals surface area contributed by atoms with Crippen molar-refractivity contribution in [2.75, 3.05) is 26.2 Å². The van der Waals surface area contributed by atoms with Gasteiger partial charge in [0, 0.05) is 25.6 Å². The molecule has 0 aromatic heterocycles. The fourth-order valence-electron chi connectivity index (χ4n) is 3.42. The van der Waals surface area contributed by atoms with Crippen LogP contribution in [0.2, 0.25) is 0 Å². The summed E-state index contributed by atoms with van der Waals surface area (Å²) in [5.74, 6) is 1.26.